The fourth-order valence-electron chi connectivity index (χ4n) is 1.23. The number of nitrogens with zero attached hydrogens (tertiary/aromatic N) is 2. The predicted octanol–water partition coefficient (Wildman–Crippen LogP) is 1.01. The molecule has 6 heteroatoms. The lowest BCUT2D eigenvalue weighted by Crippen LogP contribution is -2.22. The van der Waals surface area contributed by atoms with Crippen LogP contribution in [0.1, 0.15) is 23.8 Å². The van der Waals surface area contributed by atoms with E-state index >= 15 is 0 Å². The number of aromatic carboxylic acids is 1. The molecule has 1 heterocycles. The standard InChI is InChI=1S/C10H15N3O3/c1-3-7(16-2)6-13-9-8(10(14)15)11-4-5-12-9/h4-5,7H,3,6H2,1-2H3,(H,12,13)(H,14,15). The molecule has 2 N–H and O–H groups in total. The Balaban J connectivity index is 2.69. The summed E-state index contributed by atoms with van der Waals surface area (Å²) in [7, 11) is 1.62. The Morgan fingerprint density at radius 3 is 2.81 bits per heavy atom. The summed E-state index contributed by atoms with van der Waals surface area (Å²) in [6, 6.07) is 0. The van der Waals surface area contributed by atoms with Crippen molar-refractivity contribution in [3.63, 3.8) is 0 Å². The van der Waals surface area contributed by atoms with Crippen LogP contribution in [0.25, 0.3) is 0 Å². The molecule has 1 unspecified atom stereocenters. The summed E-state index contributed by atoms with van der Waals surface area (Å²) in [4.78, 5) is 18.5. The highest BCUT2D eigenvalue weighted by Gasteiger charge is 2.13. The molecule has 0 saturated carbocycles. The van der Waals surface area contributed by atoms with Crippen LogP contribution in [-0.4, -0.2) is 40.8 Å². The van der Waals surface area contributed by atoms with Crippen molar-refractivity contribution in [2.24, 2.45) is 0 Å². The lowest BCUT2D eigenvalue weighted by molar-refractivity contribution is 0.0690. The molecule has 0 amide bonds. The SMILES string of the molecule is CCC(CNc1nccnc1C(=O)O)OC. The Hall–Kier alpha value is -1.69. The molecule has 0 aliphatic rings. The third kappa shape index (κ3) is 3.16. The lowest BCUT2D eigenvalue weighted by Gasteiger charge is -2.14. The van der Waals surface area contributed by atoms with E-state index in [9.17, 15) is 4.79 Å². The number of aromatic nitrogens is 2. The van der Waals surface area contributed by atoms with Crippen LogP contribution in [-0.2, 0) is 4.74 Å². The molecule has 16 heavy (non-hydrogen) atoms. The van der Waals surface area contributed by atoms with Crippen molar-refractivity contribution < 1.29 is 14.6 Å². The fourth-order valence-corrected chi connectivity index (χ4v) is 1.23. The second-order valence-corrected chi connectivity index (χ2v) is 3.21. The minimum absolute atomic E-state index is 0.0312. The normalized spacial score (nSPS) is 12.1. The van der Waals surface area contributed by atoms with Crippen LogP contribution in [0.2, 0.25) is 0 Å². The number of hydrogen-bond acceptors (Lipinski definition) is 5. The zero-order chi connectivity index (χ0) is 12.0. The van der Waals surface area contributed by atoms with Crippen LogP contribution in [0.4, 0.5) is 5.82 Å². The number of carboxylic acids is 1. The van der Waals surface area contributed by atoms with Gasteiger partial charge in [-0.25, -0.2) is 14.8 Å². The van der Waals surface area contributed by atoms with Gasteiger partial charge >= 0.3 is 5.97 Å². The summed E-state index contributed by atoms with van der Waals surface area (Å²) in [5.74, 6) is -0.827. The summed E-state index contributed by atoms with van der Waals surface area (Å²) in [5.41, 5.74) is -0.0755. The van der Waals surface area contributed by atoms with Gasteiger partial charge in [-0.05, 0) is 6.42 Å². The highest BCUT2D eigenvalue weighted by molar-refractivity contribution is 5.90. The molecule has 0 aliphatic heterocycles. The van der Waals surface area contributed by atoms with E-state index in [2.05, 4.69) is 15.3 Å². The molecule has 6 nitrogen and oxygen atoms in total. The van der Waals surface area contributed by atoms with Gasteiger partial charge in [0.2, 0.25) is 0 Å². The molecular weight excluding hydrogens is 210 g/mol. The van der Waals surface area contributed by atoms with Gasteiger partial charge in [-0.1, -0.05) is 6.92 Å². The maximum atomic E-state index is 10.8. The number of carbonyl (C=O) groups is 1. The van der Waals surface area contributed by atoms with Gasteiger partial charge in [-0.2, -0.15) is 0 Å². The van der Waals surface area contributed by atoms with Crippen molar-refractivity contribution in [2.75, 3.05) is 19.0 Å². The van der Waals surface area contributed by atoms with Crippen LogP contribution >= 0.6 is 0 Å². The predicted molar refractivity (Wildman–Crippen MR) is 58.6 cm³/mol. The van der Waals surface area contributed by atoms with Crippen LogP contribution in [0.3, 0.4) is 0 Å². The molecule has 0 radical (unpaired) electrons. The number of hydrogen-bond donors (Lipinski definition) is 2. The molecule has 1 aromatic rings. The summed E-state index contributed by atoms with van der Waals surface area (Å²) in [6.45, 7) is 2.50. The second kappa shape index (κ2) is 6.02. The third-order valence-electron chi connectivity index (χ3n) is 2.19. The van der Waals surface area contributed by atoms with Crippen molar-refractivity contribution in [3.8, 4) is 0 Å². The summed E-state index contributed by atoms with van der Waals surface area (Å²) in [6.07, 6.45) is 3.67. The van der Waals surface area contributed by atoms with Gasteiger partial charge in [0, 0.05) is 26.0 Å². The van der Waals surface area contributed by atoms with Crippen LogP contribution in [0, 0.1) is 0 Å². The second-order valence-electron chi connectivity index (χ2n) is 3.21. The Morgan fingerprint density at radius 1 is 1.56 bits per heavy atom. The first kappa shape index (κ1) is 12.4. The molecule has 0 aliphatic carbocycles. The largest absolute Gasteiger partial charge is 0.476 e. The van der Waals surface area contributed by atoms with Gasteiger partial charge in [0.1, 0.15) is 0 Å². The van der Waals surface area contributed by atoms with Gasteiger partial charge in [-0.15, -0.1) is 0 Å². The monoisotopic (exact) mass is 225 g/mol. The van der Waals surface area contributed by atoms with Gasteiger partial charge in [0.15, 0.2) is 11.5 Å². The zero-order valence-corrected chi connectivity index (χ0v) is 9.30. The maximum Gasteiger partial charge on any atom is 0.358 e. The number of rotatable bonds is 6. The Kier molecular flexibility index (Phi) is 4.65. The quantitative estimate of drug-likeness (QED) is 0.751. The number of nitrogens with one attached hydrogen (secondary N) is 1. The highest BCUT2D eigenvalue weighted by atomic mass is 16.5. The first-order chi connectivity index (χ1) is 7.69. The van der Waals surface area contributed by atoms with Crippen LogP contribution in [0.5, 0.6) is 0 Å². The maximum absolute atomic E-state index is 10.8. The number of ether oxygens (including phenoxy) is 1. The third-order valence-corrected chi connectivity index (χ3v) is 2.19. The first-order valence-electron chi connectivity index (χ1n) is 5.00. The zero-order valence-electron chi connectivity index (χ0n) is 9.30. The van der Waals surface area contributed by atoms with Gasteiger partial charge < -0.3 is 15.2 Å². The van der Waals surface area contributed by atoms with E-state index in [4.69, 9.17) is 9.84 Å². The van der Waals surface area contributed by atoms with E-state index in [0.29, 0.717) is 6.54 Å². The van der Waals surface area contributed by atoms with E-state index in [1.807, 2.05) is 6.92 Å². The minimum atomic E-state index is -1.10. The van der Waals surface area contributed by atoms with Crippen molar-refractivity contribution in [1.82, 2.24) is 9.97 Å². The number of carboxylic acid groups (broad SMARTS) is 1. The number of methoxy groups -OCH3 is 1. The molecular formula is C10H15N3O3. The van der Waals surface area contributed by atoms with Gasteiger partial charge in [0.05, 0.1) is 6.10 Å². The van der Waals surface area contributed by atoms with E-state index in [-0.39, 0.29) is 17.6 Å². The molecule has 0 bridgehead atoms. The van der Waals surface area contributed by atoms with Crippen molar-refractivity contribution in [1.29, 1.82) is 0 Å². The summed E-state index contributed by atoms with van der Waals surface area (Å²) < 4.78 is 5.16. The van der Waals surface area contributed by atoms with Crippen LogP contribution in [0.15, 0.2) is 12.4 Å². The van der Waals surface area contributed by atoms with Gasteiger partial charge in [-0.3, -0.25) is 0 Å². The van der Waals surface area contributed by atoms with Crippen molar-refractivity contribution in [3.05, 3.63) is 18.1 Å². The molecule has 1 aromatic heterocycles. The Bertz CT molecular complexity index is 353. The average molecular weight is 225 g/mol. The molecule has 88 valence electrons. The molecule has 1 rings (SSSR count). The van der Waals surface area contributed by atoms with E-state index < -0.39 is 5.97 Å². The first-order valence-corrected chi connectivity index (χ1v) is 5.00. The fraction of sp³-hybridized carbons (Fsp3) is 0.500. The molecule has 0 spiro atoms. The minimum Gasteiger partial charge on any atom is -0.476 e. The topological polar surface area (TPSA) is 84.3 Å². The average Bonchev–Trinajstić information content (AvgIpc) is 2.30. The molecule has 0 fully saturated rings. The van der Waals surface area contributed by atoms with E-state index in [1.165, 1.54) is 12.4 Å². The molecule has 0 saturated heterocycles. The Labute approximate surface area is 93.7 Å². The summed E-state index contributed by atoms with van der Waals surface area (Å²) >= 11 is 0. The lowest BCUT2D eigenvalue weighted by atomic mass is 10.2. The summed E-state index contributed by atoms with van der Waals surface area (Å²) in [5, 5.41) is 11.8. The van der Waals surface area contributed by atoms with E-state index in [0.717, 1.165) is 6.42 Å². The van der Waals surface area contributed by atoms with E-state index in [1.54, 1.807) is 7.11 Å². The van der Waals surface area contributed by atoms with Gasteiger partial charge in [0.25, 0.3) is 0 Å². The molecule has 0 aromatic carbocycles. The number of anilines is 1. The molecule has 1 atom stereocenters. The van der Waals surface area contributed by atoms with Crippen molar-refractivity contribution in [2.45, 2.75) is 19.4 Å². The Morgan fingerprint density at radius 2 is 2.25 bits per heavy atom. The van der Waals surface area contributed by atoms with Crippen LogP contribution < -0.4 is 5.32 Å². The highest BCUT2D eigenvalue weighted by Crippen LogP contribution is 2.08. The van der Waals surface area contributed by atoms with Crippen molar-refractivity contribution >= 4 is 11.8 Å². The smallest absolute Gasteiger partial charge is 0.358 e.